The Hall–Kier alpha value is -1.64. The average molecular weight is 271 g/mol. The minimum atomic E-state index is 0.102. The van der Waals surface area contributed by atoms with E-state index < -0.39 is 0 Å². The van der Waals surface area contributed by atoms with Crippen molar-refractivity contribution in [3.8, 4) is 0 Å². The van der Waals surface area contributed by atoms with Crippen LogP contribution in [0.3, 0.4) is 0 Å². The second-order valence-electron chi connectivity index (χ2n) is 6.04. The van der Waals surface area contributed by atoms with E-state index >= 15 is 0 Å². The molecule has 0 unspecified atom stereocenters. The first kappa shape index (κ1) is 13.3. The van der Waals surface area contributed by atoms with E-state index in [1.54, 1.807) is 0 Å². The molecule has 3 heteroatoms. The smallest absolute Gasteiger partial charge is 0.223 e. The third kappa shape index (κ3) is 2.37. The van der Waals surface area contributed by atoms with Crippen molar-refractivity contribution < 1.29 is 9.59 Å². The summed E-state index contributed by atoms with van der Waals surface area (Å²) < 4.78 is 0. The van der Waals surface area contributed by atoms with Gasteiger partial charge in [0.1, 0.15) is 5.78 Å². The average Bonchev–Trinajstić information content (AvgIpc) is 2.48. The summed E-state index contributed by atoms with van der Waals surface area (Å²) in [5.41, 5.74) is 1.18. The van der Waals surface area contributed by atoms with Gasteiger partial charge >= 0.3 is 0 Å². The van der Waals surface area contributed by atoms with E-state index in [4.69, 9.17) is 0 Å². The van der Waals surface area contributed by atoms with Crippen molar-refractivity contribution in [2.75, 3.05) is 0 Å². The molecule has 1 saturated carbocycles. The van der Waals surface area contributed by atoms with Gasteiger partial charge in [0.2, 0.25) is 5.91 Å². The first-order valence-corrected chi connectivity index (χ1v) is 7.54. The molecule has 1 aromatic carbocycles. The van der Waals surface area contributed by atoms with Gasteiger partial charge in [-0.25, -0.2) is 0 Å². The van der Waals surface area contributed by atoms with Crippen molar-refractivity contribution in [2.45, 2.75) is 51.1 Å². The lowest BCUT2D eigenvalue weighted by molar-refractivity contribution is -0.146. The van der Waals surface area contributed by atoms with Gasteiger partial charge in [0.05, 0.1) is 6.04 Å². The molecule has 1 aromatic rings. The Morgan fingerprint density at radius 1 is 1.10 bits per heavy atom. The van der Waals surface area contributed by atoms with E-state index in [0.29, 0.717) is 31.0 Å². The van der Waals surface area contributed by atoms with Gasteiger partial charge in [-0.2, -0.15) is 0 Å². The van der Waals surface area contributed by atoms with Crippen LogP contribution in [0.1, 0.15) is 50.6 Å². The number of hydrogen-bond donors (Lipinski definition) is 0. The fraction of sp³-hybridized carbons (Fsp3) is 0.529. The van der Waals surface area contributed by atoms with Gasteiger partial charge in [0, 0.05) is 25.3 Å². The summed E-state index contributed by atoms with van der Waals surface area (Å²) in [4.78, 5) is 26.1. The van der Waals surface area contributed by atoms with Crippen molar-refractivity contribution in [1.82, 2.24) is 4.90 Å². The molecule has 1 amide bonds. The van der Waals surface area contributed by atoms with Crippen LogP contribution < -0.4 is 0 Å². The lowest BCUT2D eigenvalue weighted by Gasteiger charge is -2.46. The molecule has 20 heavy (non-hydrogen) atoms. The highest BCUT2D eigenvalue weighted by Gasteiger charge is 2.41. The monoisotopic (exact) mass is 271 g/mol. The number of Topliss-reactive ketones (excluding diaryl/α,β-unsaturated/α-hetero) is 1. The Morgan fingerprint density at radius 2 is 1.85 bits per heavy atom. The molecule has 106 valence electrons. The predicted molar refractivity (Wildman–Crippen MR) is 77.1 cm³/mol. The SMILES string of the molecule is C[C@H](c1ccccc1)N1C(=O)CC[C@@H]2CC(=O)CC[C@H]21. The molecule has 0 spiro atoms. The lowest BCUT2D eigenvalue weighted by Crippen LogP contribution is -2.51. The number of amides is 1. The van der Waals surface area contributed by atoms with Gasteiger partial charge in [-0.1, -0.05) is 30.3 Å². The number of hydrogen-bond acceptors (Lipinski definition) is 2. The van der Waals surface area contributed by atoms with Crippen LogP contribution >= 0.6 is 0 Å². The highest BCUT2D eigenvalue weighted by molar-refractivity contribution is 5.82. The summed E-state index contributed by atoms with van der Waals surface area (Å²) in [6.45, 7) is 2.10. The molecule has 2 aliphatic rings. The minimum Gasteiger partial charge on any atom is -0.333 e. The number of rotatable bonds is 2. The zero-order chi connectivity index (χ0) is 14.1. The second-order valence-corrected chi connectivity index (χ2v) is 6.04. The minimum absolute atomic E-state index is 0.102. The van der Waals surface area contributed by atoms with E-state index in [0.717, 1.165) is 12.8 Å². The molecular weight excluding hydrogens is 250 g/mol. The molecule has 3 atom stereocenters. The van der Waals surface area contributed by atoms with Crippen LogP contribution in [-0.4, -0.2) is 22.6 Å². The Morgan fingerprint density at radius 3 is 2.60 bits per heavy atom. The predicted octanol–water partition coefficient (Wildman–Crippen LogP) is 3.11. The molecule has 0 radical (unpaired) electrons. The van der Waals surface area contributed by atoms with Crippen LogP contribution in [0.15, 0.2) is 30.3 Å². The lowest BCUT2D eigenvalue weighted by atomic mass is 9.76. The molecule has 0 aromatic heterocycles. The number of carbonyl (C=O) groups excluding carboxylic acids is 2. The van der Waals surface area contributed by atoms with Gasteiger partial charge in [0.25, 0.3) is 0 Å². The third-order valence-corrected chi connectivity index (χ3v) is 4.83. The summed E-state index contributed by atoms with van der Waals surface area (Å²) in [5, 5.41) is 0. The molecule has 0 bridgehead atoms. The number of benzene rings is 1. The van der Waals surface area contributed by atoms with Gasteiger partial charge < -0.3 is 4.90 Å². The Kier molecular flexibility index (Phi) is 3.60. The van der Waals surface area contributed by atoms with Crippen LogP contribution in [0.25, 0.3) is 0 Å². The van der Waals surface area contributed by atoms with Crippen LogP contribution in [0.5, 0.6) is 0 Å². The first-order valence-electron chi connectivity index (χ1n) is 7.54. The molecule has 1 saturated heterocycles. The topological polar surface area (TPSA) is 37.4 Å². The highest BCUT2D eigenvalue weighted by atomic mass is 16.2. The van der Waals surface area contributed by atoms with Crippen molar-refractivity contribution in [2.24, 2.45) is 5.92 Å². The van der Waals surface area contributed by atoms with Crippen LogP contribution in [0.2, 0.25) is 0 Å². The number of nitrogens with zero attached hydrogens (tertiary/aromatic N) is 1. The number of ketones is 1. The van der Waals surface area contributed by atoms with Crippen molar-refractivity contribution >= 4 is 11.7 Å². The summed E-state index contributed by atoms with van der Waals surface area (Å²) in [5.74, 6) is 0.991. The van der Waals surface area contributed by atoms with Crippen molar-refractivity contribution in [1.29, 1.82) is 0 Å². The maximum absolute atomic E-state index is 12.4. The summed E-state index contributed by atoms with van der Waals surface area (Å²) >= 11 is 0. The number of piperidine rings is 1. The fourth-order valence-electron chi connectivity index (χ4n) is 3.75. The van der Waals surface area contributed by atoms with E-state index in [1.165, 1.54) is 5.56 Å². The standard InChI is InChI=1S/C17H21NO2/c1-12(13-5-3-2-4-6-13)18-16-9-8-15(19)11-14(16)7-10-17(18)20/h2-6,12,14,16H,7-11H2,1H3/t12-,14-,16-/m1/s1. The van der Waals surface area contributed by atoms with Gasteiger partial charge in [0.15, 0.2) is 0 Å². The third-order valence-electron chi connectivity index (χ3n) is 4.83. The molecule has 1 heterocycles. The van der Waals surface area contributed by atoms with E-state index in [1.807, 2.05) is 18.2 Å². The van der Waals surface area contributed by atoms with Gasteiger partial charge in [-0.05, 0) is 31.2 Å². The van der Waals surface area contributed by atoms with Crippen molar-refractivity contribution in [3.05, 3.63) is 35.9 Å². The maximum Gasteiger partial charge on any atom is 0.223 e. The quantitative estimate of drug-likeness (QED) is 0.829. The largest absolute Gasteiger partial charge is 0.333 e. The van der Waals surface area contributed by atoms with Crippen LogP contribution in [-0.2, 0) is 9.59 Å². The van der Waals surface area contributed by atoms with Gasteiger partial charge in [-0.15, -0.1) is 0 Å². The molecule has 3 nitrogen and oxygen atoms in total. The Labute approximate surface area is 120 Å². The first-order chi connectivity index (χ1) is 9.66. The van der Waals surface area contributed by atoms with Crippen LogP contribution in [0.4, 0.5) is 0 Å². The molecule has 1 aliphatic heterocycles. The summed E-state index contributed by atoms with van der Waals surface area (Å²) in [7, 11) is 0. The summed E-state index contributed by atoms with van der Waals surface area (Å²) in [6.07, 6.45) is 3.60. The van der Waals surface area contributed by atoms with E-state index in [-0.39, 0.29) is 18.0 Å². The zero-order valence-corrected chi connectivity index (χ0v) is 11.9. The normalized spacial score (nSPS) is 28.1. The second kappa shape index (κ2) is 5.39. The van der Waals surface area contributed by atoms with E-state index in [9.17, 15) is 9.59 Å². The molecule has 2 fully saturated rings. The highest BCUT2D eigenvalue weighted by Crippen LogP contribution is 2.38. The van der Waals surface area contributed by atoms with Gasteiger partial charge in [-0.3, -0.25) is 9.59 Å². The molecule has 1 aliphatic carbocycles. The summed E-state index contributed by atoms with van der Waals surface area (Å²) in [6, 6.07) is 10.5. The number of likely N-dealkylation sites (tertiary alicyclic amines) is 1. The molecular formula is C17H21NO2. The molecule has 0 N–H and O–H groups in total. The van der Waals surface area contributed by atoms with Crippen molar-refractivity contribution in [3.63, 3.8) is 0 Å². The fourth-order valence-corrected chi connectivity index (χ4v) is 3.75. The number of carbonyl (C=O) groups is 2. The number of fused-ring (bicyclic) bond motifs is 1. The zero-order valence-electron chi connectivity index (χ0n) is 11.9. The van der Waals surface area contributed by atoms with Crippen LogP contribution in [0, 0.1) is 5.92 Å². The Bertz CT molecular complexity index is 511. The maximum atomic E-state index is 12.4. The molecule has 3 rings (SSSR count). The van der Waals surface area contributed by atoms with E-state index in [2.05, 4.69) is 24.0 Å². The Balaban J connectivity index is 1.86.